The molecule has 0 aliphatic rings. The third-order valence-corrected chi connectivity index (χ3v) is 3.95. The molecule has 0 saturated carbocycles. The highest BCUT2D eigenvalue weighted by atomic mass is 32.2. The van der Waals surface area contributed by atoms with E-state index in [1.165, 1.54) is 12.3 Å². The van der Waals surface area contributed by atoms with Crippen molar-refractivity contribution in [1.29, 1.82) is 0 Å². The van der Waals surface area contributed by atoms with Crippen molar-refractivity contribution in [3.8, 4) is 23.0 Å². The summed E-state index contributed by atoms with van der Waals surface area (Å²) >= 11 is 0. The van der Waals surface area contributed by atoms with Gasteiger partial charge in [0.25, 0.3) is 15.9 Å². The van der Waals surface area contributed by atoms with E-state index in [-0.39, 0.29) is 16.8 Å². The number of benzene rings is 1. The average Bonchev–Trinajstić information content (AvgIpc) is 3.23. The normalized spacial score (nSPS) is 12.0. The molecule has 0 spiro atoms. The van der Waals surface area contributed by atoms with Crippen molar-refractivity contribution in [3.05, 3.63) is 42.7 Å². The summed E-state index contributed by atoms with van der Waals surface area (Å²) in [6, 6.07) is 10.5. The smallest absolute Gasteiger partial charge is 0.271 e. The summed E-state index contributed by atoms with van der Waals surface area (Å²) in [5.41, 5.74) is 1.01. The van der Waals surface area contributed by atoms with Crippen LogP contribution < -0.4 is 5.14 Å². The van der Waals surface area contributed by atoms with Gasteiger partial charge in [0, 0.05) is 11.5 Å². The molecule has 0 fully saturated rings. The Labute approximate surface area is 129 Å². The van der Waals surface area contributed by atoms with Gasteiger partial charge in [0.15, 0.2) is 5.76 Å². The summed E-state index contributed by atoms with van der Waals surface area (Å²) in [5, 5.41) is 9.34. The predicted molar refractivity (Wildman–Crippen MR) is 78.6 cm³/mol. The van der Waals surface area contributed by atoms with Crippen molar-refractivity contribution in [2.24, 2.45) is 5.14 Å². The van der Waals surface area contributed by atoms with E-state index in [0.29, 0.717) is 16.9 Å². The van der Waals surface area contributed by atoms with Gasteiger partial charge in [-0.3, -0.25) is 0 Å². The lowest BCUT2D eigenvalue weighted by Crippen LogP contribution is -2.10. The first-order chi connectivity index (χ1) is 11.0. The van der Waals surface area contributed by atoms with Gasteiger partial charge in [0.05, 0.1) is 5.56 Å². The van der Waals surface area contributed by atoms with Gasteiger partial charge in [-0.15, -0.1) is 0 Å². The molecule has 0 amide bonds. The molecule has 0 radical (unpaired) electrons. The monoisotopic (exact) mass is 331 g/mol. The fourth-order valence-corrected chi connectivity index (χ4v) is 2.58. The lowest BCUT2D eigenvalue weighted by molar-refractivity contribution is 0.427. The standard InChI is InChI=1S/C14H9N3O5S/c15-23(18,19)12-6-9(7-20-12)14-16-13(17-22-14)11-5-8-3-1-2-4-10(8)21-11/h1-7H,(H2,15,18,19). The van der Waals surface area contributed by atoms with Crippen LogP contribution in [0.2, 0.25) is 0 Å². The molecule has 3 aromatic heterocycles. The zero-order valence-corrected chi connectivity index (χ0v) is 12.3. The maximum absolute atomic E-state index is 11.2. The summed E-state index contributed by atoms with van der Waals surface area (Å²) in [7, 11) is -3.93. The molecular weight excluding hydrogens is 322 g/mol. The quantitative estimate of drug-likeness (QED) is 0.611. The van der Waals surface area contributed by atoms with Crippen LogP contribution in [0.5, 0.6) is 0 Å². The fourth-order valence-electron chi connectivity index (χ4n) is 2.11. The summed E-state index contributed by atoms with van der Waals surface area (Å²) in [5.74, 6) is 0.782. The molecule has 23 heavy (non-hydrogen) atoms. The summed E-state index contributed by atoms with van der Waals surface area (Å²) in [6.07, 6.45) is 1.18. The lowest BCUT2D eigenvalue weighted by Gasteiger charge is -1.86. The number of sulfonamides is 1. The van der Waals surface area contributed by atoms with Crippen LogP contribution in [0.3, 0.4) is 0 Å². The number of nitrogens with zero attached hydrogens (tertiary/aromatic N) is 2. The molecule has 0 bridgehead atoms. The van der Waals surface area contributed by atoms with Gasteiger partial charge in [-0.25, -0.2) is 13.6 Å². The molecule has 3 heterocycles. The van der Waals surface area contributed by atoms with Crippen molar-refractivity contribution in [2.75, 3.05) is 0 Å². The van der Waals surface area contributed by atoms with Crippen LogP contribution in [-0.4, -0.2) is 18.6 Å². The van der Waals surface area contributed by atoms with Gasteiger partial charge in [-0.05, 0) is 12.1 Å². The molecule has 0 aliphatic heterocycles. The van der Waals surface area contributed by atoms with Crippen LogP contribution in [-0.2, 0) is 10.0 Å². The Morgan fingerprint density at radius 1 is 1.13 bits per heavy atom. The zero-order valence-electron chi connectivity index (χ0n) is 11.5. The number of furan rings is 2. The van der Waals surface area contributed by atoms with Gasteiger partial charge >= 0.3 is 0 Å². The molecule has 9 heteroatoms. The molecule has 1 aromatic carbocycles. The van der Waals surface area contributed by atoms with Crippen molar-refractivity contribution < 1.29 is 21.8 Å². The molecule has 0 saturated heterocycles. The first kappa shape index (κ1) is 13.7. The molecule has 0 atom stereocenters. The second-order valence-corrected chi connectivity index (χ2v) is 6.26. The third kappa shape index (κ3) is 2.41. The molecular formula is C14H9N3O5S. The summed E-state index contributed by atoms with van der Waals surface area (Å²) in [4.78, 5) is 4.17. The van der Waals surface area contributed by atoms with Gasteiger partial charge < -0.3 is 13.4 Å². The Morgan fingerprint density at radius 3 is 2.70 bits per heavy atom. The molecule has 0 unspecified atom stereocenters. The van der Waals surface area contributed by atoms with E-state index >= 15 is 0 Å². The van der Waals surface area contributed by atoms with Crippen molar-refractivity contribution >= 4 is 21.0 Å². The maximum atomic E-state index is 11.2. The minimum Gasteiger partial charge on any atom is -0.453 e. The van der Waals surface area contributed by atoms with E-state index in [1.807, 2.05) is 24.3 Å². The first-order valence-corrected chi connectivity index (χ1v) is 8.00. The van der Waals surface area contributed by atoms with E-state index in [0.717, 1.165) is 5.39 Å². The van der Waals surface area contributed by atoms with Crippen LogP contribution in [0, 0.1) is 0 Å². The number of nitrogens with two attached hydrogens (primary N) is 1. The molecule has 2 N–H and O–H groups in total. The van der Waals surface area contributed by atoms with Gasteiger partial charge in [-0.1, -0.05) is 23.4 Å². The summed E-state index contributed by atoms with van der Waals surface area (Å²) in [6.45, 7) is 0. The van der Waals surface area contributed by atoms with E-state index in [9.17, 15) is 8.42 Å². The highest BCUT2D eigenvalue weighted by Crippen LogP contribution is 2.28. The molecule has 4 aromatic rings. The topological polar surface area (TPSA) is 125 Å². The van der Waals surface area contributed by atoms with E-state index in [4.69, 9.17) is 18.5 Å². The van der Waals surface area contributed by atoms with Crippen LogP contribution >= 0.6 is 0 Å². The minimum atomic E-state index is -3.93. The van der Waals surface area contributed by atoms with E-state index in [2.05, 4.69) is 10.1 Å². The Bertz CT molecular complexity index is 1070. The van der Waals surface area contributed by atoms with E-state index in [1.54, 1.807) is 6.07 Å². The number of aromatic nitrogens is 2. The van der Waals surface area contributed by atoms with Gasteiger partial charge in [0.1, 0.15) is 11.8 Å². The second-order valence-electron chi connectivity index (χ2n) is 4.77. The van der Waals surface area contributed by atoms with Crippen LogP contribution in [0.15, 0.2) is 61.1 Å². The van der Waals surface area contributed by atoms with Gasteiger partial charge in [0.2, 0.25) is 10.9 Å². The van der Waals surface area contributed by atoms with Crippen LogP contribution in [0.4, 0.5) is 0 Å². The minimum absolute atomic E-state index is 0.0964. The van der Waals surface area contributed by atoms with Gasteiger partial charge in [-0.2, -0.15) is 4.98 Å². The number of hydrogen-bond acceptors (Lipinski definition) is 7. The van der Waals surface area contributed by atoms with Crippen molar-refractivity contribution in [2.45, 2.75) is 5.09 Å². The number of fused-ring (bicyclic) bond motifs is 1. The van der Waals surface area contributed by atoms with Crippen LogP contribution in [0.1, 0.15) is 0 Å². The number of para-hydroxylation sites is 1. The fraction of sp³-hybridized carbons (Fsp3) is 0. The zero-order chi connectivity index (χ0) is 16.0. The number of primary sulfonamides is 1. The number of hydrogen-bond donors (Lipinski definition) is 1. The lowest BCUT2D eigenvalue weighted by atomic mass is 10.2. The Balaban J connectivity index is 1.72. The highest BCUT2D eigenvalue weighted by Gasteiger charge is 2.19. The number of rotatable bonds is 3. The Hall–Kier alpha value is -2.91. The first-order valence-electron chi connectivity index (χ1n) is 6.45. The van der Waals surface area contributed by atoms with Crippen molar-refractivity contribution in [1.82, 2.24) is 10.1 Å². The molecule has 0 aliphatic carbocycles. The van der Waals surface area contributed by atoms with Crippen molar-refractivity contribution in [3.63, 3.8) is 0 Å². The third-order valence-electron chi connectivity index (χ3n) is 3.17. The molecule has 4 rings (SSSR count). The summed E-state index contributed by atoms with van der Waals surface area (Å²) < 4.78 is 38.0. The molecule has 8 nitrogen and oxygen atoms in total. The average molecular weight is 331 g/mol. The molecule has 116 valence electrons. The maximum Gasteiger partial charge on any atom is 0.271 e. The Kier molecular flexibility index (Phi) is 2.86. The highest BCUT2D eigenvalue weighted by molar-refractivity contribution is 7.89. The van der Waals surface area contributed by atoms with Crippen LogP contribution in [0.25, 0.3) is 34.0 Å². The second kappa shape index (κ2) is 4.80. The predicted octanol–water partition coefficient (Wildman–Crippen LogP) is 2.39. The van der Waals surface area contributed by atoms with E-state index < -0.39 is 10.0 Å². The largest absolute Gasteiger partial charge is 0.453 e. The SMILES string of the molecule is NS(=O)(=O)c1cc(-c2nc(-c3cc4ccccc4o3)no2)co1. The Morgan fingerprint density at radius 2 is 1.96 bits per heavy atom.